The Bertz CT molecular complexity index is 2110. The zero-order chi connectivity index (χ0) is 39.7. The Balaban J connectivity index is 2.06. The van der Waals surface area contributed by atoms with Crippen LogP contribution in [0.15, 0.2) is 182 Å². The summed E-state index contributed by atoms with van der Waals surface area (Å²) in [6.45, 7) is 0. The van der Waals surface area contributed by atoms with E-state index in [9.17, 15) is 16.8 Å². The summed E-state index contributed by atoms with van der Waals surface area (Å²) in [6.07, 6.45) is 0. The molecule has 55 heavy (non-hydrogen) atoms. The van der Waals surface area contributed by atoms with Crippen LogP contribution in [0.4, 0.5) is 26.3 Å². The van der Waals surface area contributed by atoms with Crippen LogP contribution in [0.25, 0.3) is 0 Å². The summed E-state index contributed by atoms with van der Waals surface area (Å²) in [5, 5.41) is 0. The van der Waals surface area contributed by atoms with Gasteiger partial charge in [-0.15, -0.1) is 0 Å². The SMILES string of the molecule is O=S(=O)([O][Bi]([O][Bi]([O]S(=O)(=O)C(F)(F)F)([c]1ccccc1)([c]1ccccc1)[c]1ccccc1)([c]1ccccc1)([c]1ccccc1)[c]1ccccc1)C(F)(F)F. The van der Waals surface area contributed by atoms with Crippen molar-refractivity contribution < 1.29 is 48.6 Å². The third-order valence-corrected chi connectivity index (χ3v) is 74.5. The molecule has 17 heteroatoms. The van der Waals surface area contributed by atoms with Crippen molar-refractivity contribution >= 4 is 79.2 Å². The normalized spacial score (nSPS) is 14.6. The van der Waals surface area contributed by atoms with E-state index in [1.54, 1.807) is 0 Å². The molecule has 0 fully saturated rings. The molecule has 0 heterocycles. The van der Waals surface area contributed by atoms with Crippen molar-refractivity contribution in [2.75, 3.05) is 0 Å². The maximum absolute atomic E-state index is 15.0. The molecule has 0 amide bonds. The zero-order valence-corrected chi connectivity index (χ0v) is 36.7. The molecule has 0 unspecified atom stereocenters. The van der Waals surface area contributed by atoms with Gasteiger partial charge in [0.15, 0.2) is 0 Å². The Labute approximate surface area is 318 Å². The van der Waals surface area contributed by atoms with Crippen molar-refractivity contribution in [3.05, 3.63) is 182 Å². The first-order chi connectivity index (χ1) is 25.9. The average Bonchev–Trinajstić information content (AvgIpc) is 3.18. The van der Waals surface area contributed by atoms with Crippen molar-refractivity contribution in [1.82, 2.24) is 0 Å². The van der Waals surface area contributed by atoms with E-state index < -0.39 is 70.6 Å². The quantitative estimate of drug-likeness (QED) is 0.0972. The topological polar surface area (TPSA) is 96.0 Å². The molecule has 0 radical (unpaired) electrons. The van der Waals surface area contributed by atoms with Crippen LogP contribution in [0.5, 0.6) is 0 Å². The van der Waals surface area contributed by atoms with Crippen LogP contribution in [0.1, 0.15) is 0 Å². The van der Waals surface area contributed by atoms with Crippen molar-refractivity contribution in [3.8, 4) is 0 Å². The Morgan fingerprint density at radius 1 is 0.327 bits per heavy atom. The van der Waals surface area contributed by atoms with Gasteiger partial charge < -0.3 is 0 Å². The Hall–Kier alpha value is -3.55. The second kappa shape index (κ2) is 14.7. The van der Waals surface area contributed by atoms with E-state index in [0.29, 0.717) is 0 Å². The van der Waals surface area contributed by atoms with Gasteiger partial charge in [-0.05, 0) is 0 Å². The van der Waals surface area contributed by atoms with Gasteiger partial charge in [0.1, 0.15) is 0 Å². The third kappa shape index (κ3) is 6.75. The fourth-order valence-electron chi connectivity index (χ4n) is 6.41. The molecule has 6 aromatic rings. The number of hydrogen-bond acceptors (Lipinski definition) is 7. The van der Waals surface area contributed by atoms with Crippen LogP contribution in [0.2, 0.25) is 0 Å². The number of benzene rings is 6. The molecule has 0 saturated carbocycles. The number of hydrogen-bond donors (Lipinski definition) is 0. The molecular weight excluding hydrogens is 1160 g/mol. The number of alkyl halides is 6. The Morgan fingerprint density at radius 2 is 0.491 bits per heavy atom. The Morgan fingerprint density at radius 3 is 0.636 bits per heavy atom. The van der Waals surface area contributed by atoms with Gasteiger partial charge in [0, 0.05) is 0 Å². The van der Waals surface area contributed by atoms with E-state index in [4.69, 9.17) is 5.41 Å². The molecule has 0 aliphatic heterocycles. The predicted molar refractivity (Wildman–Crippen MR) is 201 cm³/mol. The van der Waals surface area contributed by atoms with E-state index >= 15 is 26.3 Å². The first-order valence-electron chi connectivity index (χ1n) is 16.1. The van der Waals surface area contributed by atoms with Gasteiger partial charge in [0.25, 0.3) is 0 Å². The van der Waals surface area contributed by atoms with Crippen LogP contribution in [0.3, 0.4) is 0 Å². The summed E-state index contributed by atoms with van der Waals surface area (Å²) in [4.78, 5) is 0. The molecule has 0 atom stereocenters. The van der Waals surface area contributed by atoms with Crippen molar-refractivity contribution in [3.63, 3.8) is 0 Å². The second-order valence-electron chi connectivity index (χ2n) is 12.0. The molecule has 0 aromatic heterocycles. The molecule has 0 aliphatic rings. The van der Waals surface area contributed by atoms with Gasteiger partial charge in [0.05, 0.1) is 0 Å². The molecule has 6 rings (SSSR count). The molecule has 0 N–H and O–H groups in total. The van der Waals surface area contributed by atoms with Crippen LogP contribution in [-0.4, -0.2) is 67.2 Å². The fraction of sp³-hybridized carbons (Fsp3) is 0.0526. The van der Waals surface area contributed by atoms with Gasteiger partial charge in [0.2, 0.25) is 0 Å². The molecule has 0 aliphatic carbocycles. The van der Waals surface area contributed by atoms with Gasteiger partial charge in [-0.1, -0.05) is 0 Å². The summed E-state index contributed by atoms with van der Waals surface area (Å²) in [5.74, 6) is 0. The third-order valence-electron chi connectivity index (χ3n) is 8.71. The fourth-order valence-corrected chi connectivity index (χ4v) is 98.5. The number of rotatable bonds is 12. The monoisotopic (exact) mass is 1190 g/mol. The van der Waals surface area contributed by atoms with Gasteiger partial charge in [-0.3, -0.25) is 0 Å². The second-order valence-corrected chi connectivity index (χ2v) is 51.6. The molecule has 7 nitrogen and oxygen atoms in total. The summed E-state index contributed by atoms with van der Waals surface area (Å²) >= 11 is -16.6. The summed E-state index contributed by atoms with van der Waals surface area (Å²) < 4.78 is 164. The van der Waals surface area contributed by atoms with Crippen LogP contribution in [0, 0.1) is 0 Å². The van der Waals surface area contributed by atoms with E-state index in [2.05, 4.69) is 0 Å². The van der Waals surface area contributed by atoms with E-state index in [-0.39, 0.29) is 19.6 Å². The predicted octanol–water partition coefficient (Wildman–Crippen LogP) is 4.97. The molecule has 6 aromatic carbocycles. The summed E-state index contributed by atoms with van der Waals surface area (Å²) in [5.41, 5.74) is -12.2. The summed E-state index contributed by atoms with van der Waals surface area (Å²) in [7, 11) is -13.6. The minimum absolute atomic E-state index is 0.295. The maximum atomic E-state index is 15.0. The van der Waals surface area contributed by atoms with E-state index in [1.807, 2.05) is 0 Å². The van der Waals surface area contributed by atoms with Crippen LogP contribution in [-0.2, 0) is 25.6 Å². The Kier molecular flexibility index (Phi) is 11.0. The van der Waals surface area contributed by atoms with Crippen molar-refractivity contribution in [2.45, 2.75) is 11.0 Å². The molecule has 0 spiro atoms. The molecule has 288 valence electrons. The van der Waals surface area contributed by atoms with Crippen LogP contribution < -0.4 is 19.6 Å². The van der Waals surface area contributed by atoms with Crippen molar-refractivity contribution in [2.24, 2.45) is 0 Å². The zero-order valence-electron chi connectivity index (χ0n) is 28.2. The number of halogens is 6. The van der Waals surface area contributed by atoms with Gasteiger partial charge in [-0.25, -0.2) is 0 Å². The van der Waals surface area contributed by atoms with E-state index in [0.717, 1.165) is 0 Å². The average molecular weight is 1190 g/mol. The first-order valence-corrected chi connectivity index (χ1v) is 35.0. The van der Waals surface area contributed by atoms with Crippen LogP contribution >= 0.6 is 0 Å². The first kappa shape index (κ1) is 41.1. The molecular formula is C38H30Bi2F6O7S2. The summed E-state index contributed by atoms with van der Waals surface area (Å²) in [6, 6.07) is 40.3. The van der Waals surface area contributed by atoms with E-state index in [1.165, 1.54) is 182 Å². The minimum atomic E-state index is -8.28. The van der Waals surface area contributed by atoms with Crippen molar-refractivity contribution in [1.29, 1.82) is 0 Å². The molecule has 0 saturated heterocycles. The molecule has 0 bridgehead atoms. The van der Waals surface area contributed by atoms with Gasteiger partial charge in [-0.2, -0.15) is 0 Å². The standard InChI is InChI=1S/6C6H5.2CHF3O3S.2Bi.O/c6*1-2-4-6-5-3-1;2*2-1(3,4)8(5,6)7;;;/h6*1-5H;2*(H,5,6,7);;;/q;;;;;;;;2*+1;/p-2. The van der Waals surface area contributed by atoms with Gasteiger partial charge >= 0.3 is 321 Å².